The minimum absolute atomic E-state index is 0.135. The van der Waals surface area contributed by atoms with E-state index in [2.05, 4.69) is 10.3 Å². The Morgan fingerprint density at radius 3 is 2.62 bits per heavy atom. The molecule has 0 spiro atoms. The fraction of sp³-hybridized carbons (Fsp3) is 0.188. The number of ether oxygens (including phenoxy) is 2. The molecule has 1 heterocycles. The van der Waals surface area contributed by atoms with Gasteiger partial charge in [-0.1, -0.05) is 41.4 Å². The van der Waals surface area contributed by atoms with E-state index in [1.54, 1.807) is 24.3 Å². The molecular formula is C16H14Cl2N2O4. The quantitative estimate of drug-likeness (QED) is 0.791. The number of nitrogens with zero attached hydrogens (tertiary/aromatic N) is 1. The van der Waals surface area contributed by atoms with Gasteiger partial charge in [-0.15, -0.1) is 0 Å². The standard InChI is InChI=1S/C16H14Cl2N2O4/c1-10(24-12-5-3-2-4-6-12)16(22)23-9-14(21)20-15-13(18)7-11(17)8-19-15/h2-8,10H,9H2,1H3,(H,19,20,21)/t10-/m0/s1. The highest BCUT2D eigenvalue weighted by Crippen LogP contribution is 2.22. The smallest absolute Gasteiger partial charge is 0.347 e. The van der Waals surface area contributed by atoms with Crippen molar-refractivity contribution in [3.63, 3.8) is 0 Å². The van der Waals surface area contributed by atoms with Crippen molar-refractivity contribution in [2.45, 2.75) is 13.0 Å². The van der Waals surface area contributed by atoms with Crippen LogP contribution in [0.5, 0.6) is 5.75 Å². The lowest BCUT2D eigenvalue weighted by atomic mass is 10.3. The van der Waals surface area contributed by atoms with E-state index < -0.39 is 24.6 Å². The third-order valence-corrected chi connectivity index (χ3v) is 3.29. The number of esters is 1. The minimum atomic E-state index is -0.850. The fourth-order valence-corrected chi connectivity index (χ4v) is 2.11. The highest BCUT2D eigenvalue weighted by molar-refractivity contribution is 6.36. The molecule has 0 fully saturated rings. The van der Waals surface area contributed by atoms with Gasteiger partial charge in [-0.3, -0.25) is 4.79 Å². The van der Waals surface area contributed by atoms with E-state index in [0.29, 0.717) is 10.8 Å². The van der Waals surface area contributed by atoms with Gasteiger partial charge in [0, 0.05) is 6.20 Å². The summed E-state index contributed by atoms with van der Waals surface area (Å²) in [6.45, 7) is 1.05. The molecule has 24 heavy (non-hydrogen) atoms. The molecule has 126 valence electrons. The number of rotatable bonds is 6. The number of para-hydroxylation sites is 1. The first kappa shape index (κ1) is 18.0. The zero-order valence-corrected chi connectivity index (χ0v) is 14.2. The van der Waals surface area contributed by atoms with Gasteiger partial charge in [-0.05, 0) is 25.1 Å². The molecule has 0 saturated carbocycles. The molecule has 1 atom stereocenters. The molecule has 0 aliphatic rings. The molecule has 2 aromatic rings. The number of amides is 1. The van der Waals surface area contributed by atoms with E-state index >= 15 is 0 Å². The van der Waals surface area contributed by atoms with Crippen LogP contribution >= 0.6 is 23.2 Å². The summed E-state index contributed by atoms with van der Waals surface area (Å²) in [6.07, 6.45) is 0.489. The number of halogens is 2. The number of carbonyl (C=O) groups excluding carboxylic acids is 2. The first-order chi connectivity index (χ1) is 11.5. The zero-order valence-electron chi connectivity index (χ0n) is 12.7. The van der Waals surface area contributed by atoms with Crippen LogP contribution in [0, 0.1) is 0 Å². The summed E-state index contributed by atoms with van der Waals surface area (Å²) >= 11 is 11.6. The van der Waals surface area contributed by atoms with E-state index in [1.807, 2.05) is 6.07 Å². The number of benzene rings is 1. The summed E-state index contributed by atoms with van der Waals surface area (Å²) < 4.78 is 10.3. The van der Waals surface area contributed by atoms with Crippen molar-refractivity contribution in [2.75, 3.05) is 11.9 Å². The first-order valence-electron chi connectivity index (χ1n) is 6.95. The molecular weight excluding hydrogens is 355 g/mol. The molecule has 1 N–H and O–H groups in total. The van der Waals surface area contributed by atoms with Gasteiger partial charge in [0.15, 0.2) is 18.5 Å². The highest BCUT2D eigenvalue weighted by atomic mass is 35.5. The van der Waals surface area contributed by atoms with Gasteiger partial charge in [-0.2, -0.15) is 0 Å². The Balaban J connectivity index is 1.81. The number of nitrogens with one attached hydrogen (secondary N) is 1. The Morgan fingerprint density at radius 1 is 1.25 bits per heavy atom. The lowest BCUT2D eigenvalue weighted by Crippen LogP contribution is -2.29. The SMILES string of the molecule is C[C@H](Oc1ccccc1)C(=O)OCC(=O)Nc1ncc(Cl)cc1Cl. The van der Waals surface area contributed by atoms with Gasteiger partial charge < -0.3 is 14.8 Å². The van der Waals surface area contributed by atoms with E-state index in [0.717, 1.165) is 0 Å². The van der Waals surface area contributed by atoms with E-state index in [-0.39, 0.29) is 10.8 Å². The van der Waals surface area contributed by atoms with Crippen LogP contribution in [0.2, 0.25) is 10.0 Å². The van der Waals surface area contributed by atoms with Crippen LogP contribution < -0.4 is 10.1 Å². The van der Waals surface area contributed by atoms with Crippen LogP contribution in [0.4, 0.5) is 5.82 Å². The Morgan fingerprint density at radius 2 is 1.96 bits per heavy atom. The summed E-state index contributed by atoms with van der Waals surface area (Å²) in [5.74, 6) is -0.574. The van der Waals surface area contributed by atoms with E-state index in [9.17, 15) is 9.59 Å². The number of aromatic nitrogens is 1. The van der Waals surface area contributed by atoms with Crippen molar-refractivity contribution in [2.24, 2.45) is 0 Å². The van der Waals surface area contributed by atoms with Crippen molar-refractivity contribution in [3.8, 4) is 5.75 Å². The largest absolute Gasteiger partial charge is 0.479 e. The molecule has 0 aliphatic heterocycles. The molecule has 0 saturated heterocycles. The molecule has 1 aromatic carbocycles. The van der Waals surface area contributed by atoms with E-state index in [4.69, 9.17) is 32.7 Å². The number of hydrogen-bond donors (Lipinski definition) is 1. The van der Waals surface area contributed by atoms with Crippen LogP contribution in [-0.4, -0.2) is 29.6 Å². The van der Waals surface area contributed by atoms with Gasteiger partial charge in [0.2, 0.25) is 0 Å². The summed E-state index contributed by atoms with van der Waals surface area (Å²) in [5.41, 5.74) is 0. The van der Waals surface area contributed by atoms with Crippen LogP contribution in [-0.2, 0) is 14.3 Å². The second-order valence-electron chi connectivity index (χ2n) is 4.71. The maximum absolute atomic E-state index is 11.8. The maximum Gasteiger partial charge on any atom is 0.347 e. The predicted molar refractivity (Wildman–Crippen MR) is 90.4 cm³/mol. The van der Waals surface area contributed by atoms with E-state index in [1.165, 1.54) is 19.2 Å². The Hall–Kier alpha value is -2.31. The van der Waals surface area contributed by atoms with Gasteiger partial charge in [0.05, 0.1) is 10.0 Å². The first-order valence-corrected chi connectivity index (χ1v) is 7.70. The summed E-state index contributed by atoms with van der Waals surface area (Å²) in [6, 6.07) is 10.3. The molecule has 2 rings (SSSR count). The molecule has 0 radical (unpaired) electrons. The molecule has 6 nitrogen and oxygen atoms in total. The van der Waals surface area contributed by atoms with Crippen molar-refractivity contribution >= 4 is 40.9 Å². The Kier molecular flexibility index (Phi) is 6.40. The lowest BCUT2D eigenvalue weighted by molar-refractivity contribution is -0.153. The predicted octanol–water partition coefficient (Wildman–Crippen LogP) is 3.34. The molecule has 0 bridgehead atoms. The topological polar surface area (TPSA) is 77.5 Å². The number of hydrogen-bond acceptors (Lipinski definition) is 5. The highest BCUT2D eigenvalue weighted by Gasteiger charge is 2.18. The number of carbonyl (C=O) groups is 2. The van der Waals surface area contributed by atoms with Crippen molar-refractivity contribution in [1.29, 1.82) is 0 Å². The molecule has 0 aliphatic carbocycles. The van der Waals surface area contributed by atoms with Crippen LogP contribution in [0.1, 0.15) is 6.92 Å². The third kappa shape index (κ3) is 5.40. The van der Waals surface area contributed by atoms with Crippen molar-refractivity contribution in [3.05, 3.63) is 52.6 Å². The molecule has 1 aromatic heterocycles. The summed E-state index contributed by atoms with van der Waals surface area (Å²) in [7, 11) is 0. The van der Waals surface area contributed by atoms with Crippen LogP contribution in [0.15, 0.2) is 42.6 Å². The van der Waals surface area contributed by atoms with Crippen LogP contribution in [0.25, 0.3) is 0 Å². The maximum atomic E-state index is 11.8. The third-order valence-electron chi connectivity index (χ3n) is 2.80. The molecule has 0 unspecified atom stereocenters. The fourth-order valence-electron chi connectivity index (χ4n) is 1.68. The average molecular weight is 369 g/mol. The normalized spacial score (nSPS) is 11.5. The van der Waals surface area contributed by atoms with Crippen LogP contribution in [0.3, 0.4) is 0 Å². The summed E-state index contributed by atoms with van der Waals surface area (Å²) in [4.78, 5) is 27.5. The number of anilines is 1. The minimum Gasteiger partial charge on any atom is -0.479 e. The second-order valence-corrected chi connectivity index (χ2v) is 5.56. The Bertz CT molecular complexity index is 725. The molecule has 1 amide bonds. The van der Waals surface area contributed by atoms with Gasteiger partial charge >= 0.3 is 5.97 Å². The van der Waals surface area contributed by atoms with Crippen molar-refractivity contribution in [1.82, 2.24) is 4.98 Å². The van der Waals surface area contributed by atoms with Gasteiger partial charge in [0.25, 0.3) is 5.91 Å². The van der Waals surface area contributed by atoms with Crippen molar-refractivity contribution < 1.29 is 19.1 Å². The van der Waals surface area contributed by atoms with Gasteiger partial charge in [0.1, 0.15) is 5.75 Å². The molecule has 8 heteroatoms. The average Bonchev–Trinajstić information content (AvgIpc) is 2.56. The monoisotopic (exact) mass is 368 g/mol. The lowest BCUT2D eigenvalue weighted by Gasteiger charge is -2.13. The zero-order chi connectivity index (χ0) is 17.5. The summed E-state index contributed by atoms with van der Waals surface area (Å²) in [5, 5.41) is 2.95. The number of pyridine rings is 1. The Labute approximate surface area is 148 Å². The van der Waals surface area contributed by atoms with Gasteiger partial charge in [-0.25, -0.2) is 9.78 Å². The second kappa shape index (κ2) is 8.52.